The normalized spacial score (nSPS) is 31.2. The number of carboxylic acid groups (broad SMARTS) is 1. The van der Waals surface area contributed by atoms with Crippen molar-refractivity contribution in [3.63, 3.8) is 0 Å². The van der Waals surface area contributed by atoms with Crippen LogP contribution in [0.1, 0.15) is 26.7 Å². The summed E-state index contributed by atoms with van der Waals surface area (Å²) in [5, 5.41) is 20.2. The molecule has 0 radical (unpaired) electrons. The lowest BCUT2D eigenvalue weighted by atomic mass is 9.71. The number of rotatable bonds is 7. The van der Waals surface area contributed by atoms with Crippen LogP contribution >= 0.6 is 0 Å². The number of carboxylic acids is 1. The molecule has 8 heteroatoms. The molecule has 1 fully saturated rings. The van der Waals surface area contributed by atoms with Crippen molar-refractivity contribution in [3.8, 4) is 0 Å². The van der Waals surface area contributed by atoms with Crippen LogP contribution in [0.25, 0.3) is 0 Å². The second kappa shape index (κ2) is 10.4. The largest absolute Gasteiger partial charge is 0.501 e. The number of aliphatic carboxylic acids is 1. The van der Waals surface area contributed by atoms with Gasteiger partial charge in [-0.25, -0.2) is 4.79 Å². The molecule has 1 aliphatic heterocycles. The number of amides is 1. The van der Waals surface area contributed by atoms with Crippen molar-refractivity contribution < 1.29 is 34.0 Å². The van der Waals surface area contributed by atoms with E-state index in [1.807, 2.05) is 24.8 Å². The summed E-state index contributed by atoms with van der Waals surface area (Å²) >= 11 is 0. The first kappa shape index (κ1) is 24.1. The number of carbonyl (C=O) groups excluding carboxylic acids is 1. The predicted octanol–water partition coefficient (Wildman–Crippen LogP) is 2.27. The molecular formula is C24H33NO7. The highest BCUT2D eigenvalue weighted by Gasteiger charge is 2.41. The summed E-state index contributed by atoms with van der Waals surface area (Å²) in [5.41, 5.74) is 0.232. The minimum absolute atomic E-state index is 0.0115. The lowest BCUT2D eigenvalue weighted by Gasteiger charge is -2.40. The zero-order valence-corrected chi connectivity index (χ0v) is 19.1. The quantitative estimate of drug-likeness (QED) is 0.617. The molecule has 3 rings (SSSR count). The van der Waals surface area contributed by atoms with E-state index in [9.17, 15) is 19.8 Å². The average molecular weight is 448 g/mol. The van der Waals surface area contributed by atoms with E-state index in [1.165, 1.54) is 14.2 Å². The van der Waals surface area contributed by atoms with E-state index in [-0.39, 0.29) is 41.9 Å². The maximum Gasteiger partial charge on any atom is 0.335 e. The van der Waals surface area contributed by atoms with Gasteiger partial charge in [-0.2, -0.15) is 0 Å². The number of carbonyl (C=O) groups is 2. The summed E-state index contributed by atoms with van der Waals surface area (Å²) in [6.45, 7) is 4.94. The van der Waals surface area contributed by atoms with E-state index < -0.39 is 18.0 Å². The number of allylic oxidation sites excluding steroid dienone is 3. The summed E-state index contributed by atoms with van der Waals surface area (Å²) < 4.78 is 16.6. The molecular weight excluding hydrogens is 414 g/mol. The Bertz CT molecular complexity index is 833. The Balaban J connectivity index is 1.88. The van der Waals surface area contributed by atoms with Gasteiger partial charge in [-0.3, -0.25) is 4.79 Å². The summed E-state index contributed by atoms with van der Waals surface area (Å²) in [7, 11) is 3.06. The topological polar surface area (TPSA) is 106 Å². The van der Waals surface area contributed by atoms with Crippen LogP contribution in [0.4, 0.5) is 0 Å². The summed E-state index contributed by atoms with van der Waals surface area (Å²) in [5.74, 6) is -0.843. The highest BCUT2D eigenvalue weighted by atomic mass is 16.5. The molecule has 0 aromatic heterocycles. The fourth-order valence-electron chi connectivity index (χ4n) is 4.88. The second-order valence-electron chi connectivity index (χ2n) is 8.69. The highest BCUT2D eigenvalue weighted by Crippen LogP contribution is 2.40. The lowest BCUT2D eigenvalue weighted by Crippen LogP contribution is -2.49. The molecule has 0 aromatic rings. The van der Waals surface area contributed by atoms with Crippen LogP contribution in [0.2, 0.25) is 0 Å². The second-order valence-corrected chi connectivity index (χ2v) is 8.69. The molecule has 32 heavy (non-hydrogen) atoms. The van der Waals surface area contributed by atoms with E-state index in [2.05, 4.69) is 0 Å². The molecule has 2 aliphatic carbocycles. The summed E-state index contributed by atoms with van der Waals surface area (Å²) in [6, 6.07) is 0. The maximum absolute atomic E-state index is 13.3. The lowest BCUT2D eigenvalue weighted by molar-refractivity contribution is -0.145. The number of hydrogen-bond donors (Lipinski definition) is 2. The molecule has 0 saturated carbocycles. The van der Waals surface area contributed by atoms with E-state index in [0.29, 0.717) is 31.0 Å². The third-order valence-electron chi connectivity index (χ3n) is 6.36. The summed E-state index contributed by atoms with van der Waals surface area (Å²) in [4.78, 5) is 26.5. The van der Waals surface area contributed by atoms with Gasteiger partial charge in [-0.05, 0) is 38.2 Å². The van der Waals surface area contributed by atoms with Gasteiger partial charge < -0.3 is 29.3 Å². The molecule has 1 heterocycles. The van der Waals surface area contributed by atoms with Crippen molar-refractivity contribution in [2.24, 2.45) is 17.8 Å². The molecule has 0 aromatic carbocycles. The van der Waals surface area contributed by atoms with Crippen LogP contribution in [0, 0.1) is 17.8 Å². The van der Waals surface area contributed by atoms with Crippen molar-refractivity contribution >= 4 is 11.9 Å². The molecule has 6 unspecified atom stereocenters. The number of aliphatic hydroxyl groups excluding tert-OH is 1. The van der Waals surface area contributed by atoms with Crippen LogP contribution in [-0.2, 0) is 23.8 Å². The van der Waals surface area contributed by atoms with Gasteiger partial charge >= 0.3 is 5.97 Å². The Morgan fingerprint density at radius 1 is 1.22 bits per heavy atom. The Morgan fingerprint density at radius 2 is 1.91 bits per heavy atom. The van der Waals surface area contributed by atoms with Crippen molar-refractivity contribution in [2.45, 2.75) is 45.0 Å². The van der Waals surface area contributed by atoms with Crippen molar-refractivity contribution in [3.05, 3.63) is 47.5 Å². The van der Waals surface area contributed by atoms with Crippen LogP contribution in [0.15, 0.2) is 47.5 Å². The van der Waals surface area contributed by atoms with Crippen LogP contribution < -0.4 is 0 Å². The zero-order chi connectivity index (χ0) is 23.4. The number of nitrogens with zero attached hydrogens (tertiary/aromatic N) is 1. The minimum atomic E-state index is -0.980. The molecule has 8 nitrogen and oxygen atoms in total. The van der Waals surface area contributed by atoms with Crippen LogP contribution in [0.3, 0.4) is 0 Å². The SMILES string of the molecule is COC1=CC(O)C(C(CC(=O)N2CC(C)OC(C)C2)C2C=CC(C(=O)O)=CC2)C(OC)=C1. The highest BCUT2D eigenvalue weighted by molar-refractivity contribution is 5.90. The number of morpholine rings is 1. The molecule has 1 amide bonds. The molecule has 0 spiro atoms. The van der Waals surface area contributed by atoms with Gasteiger partial charge in [-0.15, -0.1) is 0 Å². The molecule has 2 N–H and O–H groups in total. The Labute approximate surface area is 188 Å². The van der Waals surface area contributed by atoms with Crippen LogP contribution in [-0.4, -0.2) is 72.6 Å². The minimum Gasteiger partial charge on any atom is -0.501 e. The van der Waals surface area contributed by atoms with Crippen molar-refractivity contribution in [1.29, 1.82) is 0 Å². The van der Waals surface area contributed by atoms with Gasteiger partial charge in [-0.1, -0.05) is 18.2 Å². The zero-order valence-electron chi connectivity index (χ0n) is 19.1. The monoisotopic (exact) mass is 447 g/mol. The molecule has 3 aliphatic rings. The van der Waals surface area contributed by atoms with Gasteiger partial charge in [0.15, 0.2) is 0 Å². The van der Waals surface area contributed by atoms with E-state index >= 15 is 0 Å². The number of ether oxygens (including phenoxy) is 3. The standard InChI is InChI=1S/C24H33NO7/c1-14-12-25(13-15(2)32-14)22(27)11-19(16-5-7-17(8-6-16)24(28)29)23-20(26)9-18(30-3)10-21(23)31-4/h5,7-10,14-16,19-20,23,26H,6,11-13H2,1-4H3,(H,28,29). The van der Waals surface area contributed by atoms with Crippen molar-refractivity contribution in [2.75, 3.05) is 27.3 Å². The molecule has 6 atom stereocenters. The van der Waals surface area contributed by atoms with Crippen molar-refractivity contribution in [1.82, 2.24) is 4.90 Å². The number of aliphatic hydroxyl groups is 1. The van der Waals surface area contributed by atoms with E-state index in [1.54, 1.807) is 24.3 Å². The molecule has 0 bridgehead atoms. The van der Waals surface area contributed by atoms with Gasteiger partial charge in [0.1, 0.15) is 11.5 Å². The predicted molar refractivity (Wildman–Crippen MR) is 117 cm³/mol. The first-order chi connectivity index (χ1) is 15.2. The fourth-order valence-corrected chi connectivity index (χ4v) is 4.88. The first-order valence-corrected chi connectivity index (χ1v) is 11.0. The third-order valence-corrected chi connectivity index (χ3v) is 6.36. The van der Waals surface area contributed by atoms with Crippen LogP contribution in [0.5, 0.6) is 0 Å². The average Bonchev–Trinajstić information content (AvgIpc) is 2.76. The van der Waals surface area contributed by atoms with Gasteiger partial charge in [0, 0.05) is 25.6 Å². The fraction of sp³-hybridized carbons (Fsp3) is 0.583. The first-order valence-electron chi connectivity index (χ1n) is 11.0. The van der Waals surface area contributed by atoms with E-state index in [0.717, 1.165) is 0 Å². The summed E-state index contributed by atoms with van der Waals surface area (Å²) in [6.07, 6.45) is 8.12. The van der Waals surface area contributed by atoms with Gasteiger partial charge in [0.2, 0.25) is 5.91 Å². The maximum atomic E-state index is 13.3. The van der Waals surface area contributed by atoms with Gasteiger partial charge in [0.05, 0.1) is 44.0 Å². The van der Waals surface area contributed by atoms with E-state index in [4.69, 9.17) is 14.2 Å². The molecule has 176 valence electrons. The third kappa shape index (κ3) is 5.42. The molecule has 1 saturated heterocycles. The van der Waals surface area contributed by atoms with Gasteiger partial charge in [0.25, 0.3) is 0 Å². The number of methoxy groups -OCH3 is 2. The Morgan fingerprint density at radius 3 is 2.44 bits per heavy atom. The Kier molecular flexibility index (Phi) is 7.79. The number of hydrogen-bond acceptors (Lipinski definition) is 6. The smallest absolute Gasteiger partial charge is 0.335 e. The Hall–Kier alpha value is -2.58.